The van der Waals surface area contributed by atoms with Crippen molar-refractivity contribution in [1.29, 1.82) is 0 Å². The quantitative estimate of drug-likeness (QED) is 0.480. The zero-order valence-corrected chi connectivity index (χ0v) is 9.81. The third kappa shape index (κ3) is 8.05. The predicted molar refractivity (Wildman–Crippen MR) is 60.1 cm³/mol. The van der Waals surface area contributed by atoms with Gasteiger partial charge in [-0.3, -0.25) is 9.69 Å². The second kappa shape index (κ2) is 9.00. The first-order valence-corrected chi connectivity index (χ1v) is 5.66. The lowest BCUT2D eigenvalue weighted by Gasteiger charge is -2.15. The van der Waals surface area contributed by atoms with Crippen LogP contribution >= 0.6 is 0 Å². The number of unbranched alkanes of at least 4 members (excludes halogenated alkanes) is 2. The maximum absolute atomic E-state index is 11.3. The monoisotopic (exact) mass is 200 g/mol. The van der Waals surface area contributed by atoms with Gasteiger partial charge in [0, 0.05) is 6.42 Å². The standard InChI is InChI=1S/C11H24N2O/c1-4-6-7-8-11(14)12-10-13(3)9-5-2/h4-10H2,1-3H3,(H,12,14). The number of hydrogen-bond donors (Lipinski definition) is 1. The molecule has 0 saturated carbocycles. The van der Waals surface area contributed by atoms with E-state index >= 15 is 0 Å². The summed E-state index contributed by atoms with van der Waals surface area (Å²) in [5.41, 5.74) is 0. The molecule has 0 unspecified atom stereocenters. The summed E-state index contributed by atoms with van der Waals surface area (Å²) >= 11 is 0. The van der Waals surface area contributed by atoms with Crippen LogP contribution in [-0.2, 0) is 4.79 Å². The summed E-state index contributed by atoms with van der Waals surface area (Å²) in [4.78, 5) is 13.4. The molecule has 0 aromatic carbocycles. The van der Waals surface area contributed by atoms with Crippen LogP contribution in [0.3, 0.4) is 0 Å². The van der Waals surface area contributed by atoms with E-state index in [4.69, 9.17) is 0 Å². The van der Waals surface area contributed by atoms with Crippen molar-refractivity contribution in [3.05, 3.63) is 0 Å². The molecule has 84 valence electrons. The summed E-state index contributed by atoms with van der Waals surface area (Å²) in [6, 6.07) is 0. The summed E-state index contributed by atoms with van der Waals surface area (Å²) in [5, 5.41) is 2.91. The third-order valence-electron chi connectivity index (χ3n) is 2.16. The van der Waals surface area contributed by atoms with E-state index in [0.29, 0.717) is 13.1 Å². The molecule has 3 nitrogen and oxygen atoms in total. The van der Waals surface area contributed by atoms with Crippen LogP contribution in [0.15, 0.2) is 0 Å². The first kappa shape index (κ1) is 13.4. The second-order valence-corrected chi connectivity index (χ2v) is 3.79. The predicted octanol–water partition coefficient (Wildman–Crippen LogP) is 1.98. The van der Waals surface area contributed by atoms with Crippen molar-refractivity contribution in [3.8, 4) is 0 Å². The summed E-state index contributed by atoms with van der Waals surface area (Å²) in [5.74, 6) is 0.182. The van der Waals surface area contributed by atoms with E-state index in [1.807, 2.05) is 7.05 Å². The number of nitrogens with one attached hydrogen (secondary N) is 1. The van der Waals surface area contributed by atoms with Gasteiger partial charge in [0.1, 0.15) is 0 Å². The zero-order valence-electron chi connectivity index (χ0n) is 9.81. The first-order chi connectivity index (χ1) is 6.70. The largest absolute Gasteiger partial charge is 0.343 e. The van der Waals surface area contributed by atoms with Crippen LogP contribution in [0.2, 0.25) is 0 Å². The van der Waals surface area contributed by atoms with Crippen LogP contribution in [0.25, 0.3) is 0 Å². The molecule has 0 spiro atoms. The molecule has 0 bridgehead atoms. The number of hydrogen-bond acceptors (Lipinski definition) is 2. The fourth-order valence-corrected chi connectivity index (χ4v) is 1.31. The molecular formula is C11H24N2O. The molecule has 14 heavy (non-hydrogen) atoms. The summed E-state index contributed by atoms with van der Waals surface area (Å²) < 4.78 is 0. The highest BCUT2D eigenvalue weighted by Gasteiger charge is 2.01. The minimum atomic E-state index is 0.182. The van der Waals surface area contributed by atoms with Gasteiger partial charge in [-0.15, -0.1) is 0 Å². The Labute approximate surface area is 87.9 Å². The van der Waals surface area contributed by atoms with Crippen LogP contribution in [0.1, 0.15) is 46.0 Å². The van der Waals surface area contributed by atoms with E-state index in [2.05, 4.69) is 24.1 Å². The minimum Gasteiger partial charge on any atom is -0.343 e. The fraction of sp³-hybridized carbons (Fsp3) is 0.909. The second-order valence-electron chi connectivity index (χ2n) is 3.79. The van der Waals surface area contributed by atoms with Gasteiger partial charge in [0.25, 0.3) is 0 Å². The first-order valence-electron chi connectivity index (χ1n) is 5.66. The molecule has 0 aliphatic carbocycles. The molecular weight excluding hydrogens is 176 g/mol. The normalized spacial score (nSPS) is 10.6. The lowest BCUT2D eigenvalue weighted by Crippen LogP contribution is -2.35. The Morgan fingerprint density at radius 3 is 2.50 bits per heavy atom. The Balaban J connectivity index is 3.34. The van der Waals surface area contributed by atoms with Crippen molar-refractivity contribution >= 4 is 5.91 Å². The molecule has 0 aliphatic rings. The van der Waals surface area contributed by atoms with Crippen LogP contribution in [0.5, 0.6) is 0 Å². The van der Waals surface area contributed by atoms with Gasteiger partial charge in [-0.2, -0.15) is 0 Å². The van der Waals surface area contributed by atoms with Gasteiger partial charge in [-0.05, 0) is 26.4 Å². The average molecular weight is 200 g/mol. The lowest BCUT2D eigenvalue weighted by molar-refractivity contribution is -0.121. The fourth-order valence-electron chi connectivity index (χ4n) is 1.31. The molecule has 0 heterocycles. The number of amides is 1. The van der Waals surface area contributed by atoms with Crippen molar-refractivity contribution in [3.63, 3.8) is 0 Å². The van der Waals surface area contributed by atoms with Gasteiger partial charge < -0.3 is 5.32 Å². The third-order valence-corrected chi connectivity index (χ3v) is 2.16. The average Bonchev–Trinajstić information content (AvgIpc) is 2.16. The molecule has 0 aliphatic heterocycles. The van der Waals surface area contributed by atoms with Gasteiger partial charge in [0.2, 0.25) is 5.91 Å². The Hall–Kier alpha value is -0.570. The van der Waals surface area contributed by atoms with Crippen molar-refractivity contribution in [2.75, 3.05) is 20.3 Å². The number of carbonyl (C=O) groups excluding carboxylic acids is 1. The molecule has 1 amide bonds. The van der Waals surface area contributed by atoms with Crippen molar-refractivity contribution in [2.24, 2.45) is 0 Å². The zero-order chi connectivity index (χ0) is 10.8. The molecule has 0 aromatic rings. The molecule has 0 aromatic heterocycles. The smallest absolute Gasteiger partial charge is 0.220 e. The molecule has 0 saturated heterocycles. The molecule has 0 radical (unpaired) electrons. The van der Waals surface area contributed by atoms with Gasteiger partial charge in [-0.1, -0.05) is 26.7 Å². The van der Waals surface area contributed by atoms with Gasteiger partial charge in [0.15, 0.2) is 0 Å². The Morgan fingerprint density at radius 1 is 1.21 bits per heavy atom. The van der Waals surface area contributed by atoms with E-state index in [1.54, 1.807) is 0 Å². The van der Waals surface area contributed by atoms with Gasteiger partial charge in [0.05, 0.1) is 6.67 Å². The summed E-state index contributed by atoms with van der Waals surface area (Å²) in [6.07, 6.45) is 5.14. The SMILES string of the molecule is CCCCCC(=O)NCN(C)CCC. The van der Waals surface area contributed by atoms with Crippen LogP contribution < -0.4 is 5.32 Å². The Bertz CT molecular complexity index is 148. The molecule has 3 heteroatoms. The van der Waals surface area contributed by atoms with Crippen molar-refractivity contribution in [1.82, 2.24) is 10.2 Å². The highest BCUT2D eigenvalue weighted by molar-refractivity contribution is 5.75. The molecule has 0 atom stereocenters. The van der Waals surface area contributed by atoms with E-state index in [-0.39, 0.29) is 5.91 Å². The maximum atomic E-state index is 11.3. The molecule has 0 fully saturated rings. The Kier molecular flexibility index (Phi) is 8.64. The van der Waals surface area contributed by atoms with E-state index in [9.17, 15) is 4.79 Å². The summed E-state index contributed by atoms with van der Waals surface area (Å²) in [6.45, 7) is 6.00. The highest BCUT2D eigenvalue weighted by atomic mass is 16.1. The van der Waals surface area contributed by atoms with Gasteiger partial charge in [-0.25, -0.2) is 0 Å². The molecule has 1 N–H and O–H groups in total. The van der Waals surface area contributed by atoms with Crippen LogP contribution in [0.4, 0.5) is 0 Å². The van der Waals surface area contributed by atoms with Crippen LogP contribution in [0, 0.1) is 0 Å². The minimum absolute atomic E-state index is 0.182. The van der Waals surface area contributed by atoms with Gasteiger partial charge >= 0.3 is 0 Å². The van der Waals surface area contributed by atoms with Crippen molar-refractivity contribution in [2.45, 2.75) is 46.0 Å². The number of carbonyl (C=O) groups is 1. The lowest BCUT2D eigenvalue weighted by atomic mass is 10.2. The van der Waals surface area contributed by atoms with E-state index in [0.717, 1.165) is 25.8 Å². The Morgan fingerprint density at radius 2 is 1.93 bits per heavy atom. The summed E-state index contributed by atoms with van der Waals surface area (Å²) in [7, 11) is 2.02. The number of nitrogens with zero attached hydrogens (tertiary/aromatic N) is 1. The highest BCUT2D eigenvalue weighted by Crippen LogP contribution is 1.98. The van der Waals surface area contributed by atoms with E-state index < -0.39 is 0 Å². The van der Waals surface area contributed by atoms with Crippen molar-refractivity contribution < 1.29 is 4.79 Å². The topological polar surface area (TPSA) is 32.3 Å². The van der Waals surface area contributed by atoms with Crippen LogP contribution in [-0.4, -0.2) is 31.1 Å². The van der Waals surface area contributed by atoms with E-state index in [1.165, 1.54) is 6.42 Å². The molecule has 0 rings (SSSR count). The maximum Gasteiger partial charge on any atom is 0.220 e. The number of rotatable bonds is 8.